The molecule has 0 bridgehead atoms. The number of hydrogen-bond donors (Lipinski definition) is 1. The number of para-hydroxylation sites is 1. The molecule has 21 heavy (non-hydrogen) atoms. The van der Waals surface area contributed by atoms with E-state index in [4.69, 9.17) is 0 Å². The van der Waals surface area contributed by atoms with Crippen molar-refractivity contribution >= 4 is 27.0 Å². The fourth-order valence-corrected chi connectivity index (χ4v) is 5.67. The molecular formula is C15H17NO3S2. The Hall–Kier alpha value is -1.37. The lowest BCUT2D eigenvalue weighted by Gasteiger charge is -2.33. The SMILES string of the molecule is Cc1ccc(S(=O)(=O)N2CCC(O)c3cccc(C)c32)s1. The lowest BCUT2D eigenvalue weighted by molar-refractivity contribution is 0.166. The Balaban J connectivity index is 2.15. The van der Waals surface area contributed by atoms with Gasteiger partial charge < -0.3 is 5.11 Å². The zero-order chi connectivity index (χ0) is 15.2. The molecule has 3 rings (SSSR count). The number of rotatable bonds is 2. The molecule has 1 aromatic heterocycles. The molecule has 0 amide bonds. The van der Waals surface area contributed by atoms with Crippen LogP contribution in [0.3, 0.4) is 0 Å². The van der Waals surface area contributed by atoms with Crippen molar-refractivity contribution in [1.29, 1.82) is 0 Å². The van der Waals surface area contributed by atoms with Gasteiger partial charge in [-0.3, -0.25) is 4.31 Å². The second kappa shape index (κ2) is 5.12. The van der Waals surface area contributed by atoms with E-state index >= 15 is 0 Å². The number of fused-ring (bicyclic) bond motifs is 1. The number of benzene rings is 1. The fraction of sp³-hybridized carbons (Fsp3) is 0.333. The molecular weight excluding hydrogens is 306 g/mol. The molecule has 0 saturated carbocycles. The van der Waals surface area contributed by atoms with Crippen LogP contribution in [-0.2, 0) is 10.0 Å². The Morgan fingerprint density at radius 2 is 2.00 bits per heavy atom. The zero-order valence-corrected chi connectivity index (χ0v) is 13.5. The molecule has 0 aliphatic carbocycles. The van der Waals surface area contributed by atoms with E-state index in [2.05, 4.69) is 0 Å². The molecule has 0 spiro atoms. The van der Waals surface area contributed by atoms with Crippen LogP contribution >= 0.6 is 11.3 Å². The van der Waals surface area contributed by atoms with E-state index < -0.39 is 16.1 Å². The van der Waals surface area contributed by atoms with Crippen LogP contribution in [0.25, 0.3) is 0 Å². The van der Waals surface area contributed by atoms with Crippen molar-refractivity contribution in [1.82, 2.24) is 0 Å². The minimum atomic E-state index is -3.56. The van der Waals surface area contributed by atoms with Crippen LogP contribution in [0.15, 0.2) is 34.5 Å². The van der Waals surface area contributed by atoms with Gasteiger partial charge in [0.05, 0.1) is 11.8 Å². The Kier molecular flexibility index (Phi) is 3.55. The van der Waals surface area contributed by atoms with E-state index in [1.165, 1.54) is 15.6 Å². The second-order valence-corrected chi connectivity index (χ2v) is 8.64. The lowest BCUT2D eigenvalue weighted by Crippen LogP contribution is -2.37. The van der Waals surface area contributed by atoms with Gasteiger partial charge in [-0.1, -0.05) is 18.2 Å². The van der Waals surface area contributed by atoms with Crippen molar-refractivity contribution in [2.45, 2.75) is 30.6 Å². The van der Waals surface area contributed by atoms with E-state index in [1.54, 1.807) is 12.1 Å². The van der Waals surface area contributed by atoms with E-state index in [0.717, 1.165) is 10.4 Å². The summed E-state index contributed by atoms with van der Waals surface area (Å²) >= 11 is 1.28. The fourth-order valence-electron chi connectivity index (χ4n) is 2.70. The Labute approximate surface area is 128 Å². The van der Waals surface area contributed by atoms with Gasteiger partial charge in [-0.05, 0) is 38.0 Å². The van der Waals surface area contributed by atoms with E-state index in [1.807, 2.05) is 32.0 Å². The number of thiophene rings is 1. The predicted octanol–water partition coefficient (Wildman–Crippen LogP) is 3.00. The first-order valence-electron chi connectivity index (χ1n) is 6.78. The van der Waals surface area contributed by atoms with Crippen molar-refractivity contribution in [3.8, 4) is 0 Å². The normalized spacial score (nSPS) is 18.6. The first kappa shape index (κ1) is 14.6. The van der Waals surface area contributed by atoms with Crippen LogP contribution in [0.4, 0.5) is 5.69 Å². The Bertz CT molecular complexity index is 780. The summed E-state index contributed by atoms with van der Waals surface area (Å²) in [5.41, 5.74) is 2.18. The maximum absolute atomic E-state index is 12.9. The van der Waals surface area contributed by atoms with Gasteiger partial charge in [0.1, 0.15) is 4.21 Å². The van der Waals surface area contributed by atoms with Crippen LogP contribution < -0.4 is 4.31 Å². The van der Waals surface area contributed by atoms with Crippen molar-refractivity contribution in [3.63, 3.8) is 0 Å². The molecule has 0 fully saturated rings. The van der Waals surface area contributed by atoms with Gasteiger partial charge in [-0.15, -0.1) is 11.3 Å². The summed E-state index contributed by atoms with van der Waals surface area (Å²) in [4.78, 5) is 0.968. The van der Waals surface area contributed by atoms with Gasteiger partial charge >= 0.3 is 0 Å². The highest BCUT2D eigenvalue weighted by Gasteiger charge is 2.34. The average molecular weight is 323 g/mol. The number of nitrogens with zero attached hydrogens (tertiary/aromatic N) is 1. The molecule has 4 nitrogen and oxygen atoms in total. The van der Waals surface area contributed by atoms with Crippen molar-refractivity contribution in [3.05, 3.63) is 46.3 Å². The summed E-state index contributed by atoms with van der Waals surface area (Å²) in [6, 6.07) is 8.99. The topological polar surface area (TPSA) is 57.6 Å². The minimum absolute atomic E-state index is 0.304. The summed E-state index contributed by atoms with van der Waals surface area (Å²) in [7, 11) is -3.56. The number of aliphatic hydroxyl groups is 1. The molecule has 1 atom stereocenters. The van der Waals surface area contributed by atoms with E-state index in [-0.39, 0.29) is 0 Å². The Morgan fingerprint density at radius 3 is 2.67 bits per heavy atom. The molecule has 0 radical (unpaired) electrons. The standard InChI is InChI=1S/C15H17NO3S2/c1-10-4-3-5-12-13(17)8-9-16(15(10)12)21(18,19)14-7-6-11(2)20-14/h3-7,13,17H,8-9H2,1-2H3. The van der Waals surface area contributed by atoms with Crippen molar-refractivity contribution < 1.29 is 13.5 Å². The molecule has 1 unspecified atom stereocenters. The van der Waals surface area contributed by atoms with Crippen LogP contribution in [0, 0.1) is 13.8 Å². The molecule has 2 heterocycles. The highest BCUT2D eigenvalue weighted by Crippen LogP contribution is 2.40. The maximum atomic E-state index is 12.9. The number of hydrogen-bond acceptors (Lipinski definition) is 4. The van der Waals surface area contributed by atoms with Crippen LogP contribution in [0.5, 0.6) is 0 Å². The second-order valence-electron chi connectivity index (χ2n) is 5.26. The third kappa shape index (κ3) is 2.37. The molecule has 1 N–H and O–H groups in total. The molecule has 1 aromatic carbocycles. The van der Waals surface area contributed by atoms with Crippen molar-refractivity contribution in [2.24, 2.45) is 0 Å². The lowest BCUT2D eigenvalue weighted by atomic mass is 9.98. The first-order chi connectivity index (χ1) is 9.91. The highest BCUT2D eigenvalue weighted by atomic mass is 32.2. The summed E-state index contributed by atoms with van der Waals surface area (Å²) in [6.07, 6.45) is -0.184. The molecule has 0 saturated heterocycles. The third-order valence-corrected chi connectivity index (χ3v) is 7.01. The molecule has 1 aliphatic heterocycles. The van der Waals surface area contributed by atoms with Gasteiger partial charge in [-0.2, -0.15) is 0 Å². The summed E-state index contributed by atoms with van der Waals surface area (Å²) in [5.74, 6) is 0. The van der Waals surface area contributed by atoms with Gasteiger partial charge in [0.15, 0.2) is 0 Å². The minimum Gasteiger partial charge on any atom is -0.388 e. The number of anilines is 1. The van der Waals surface area contributed by atoms with E-state index in [0.29, 0.717) is 28.4 Å². The van der Waals surface area contributed by atoms with Gasteiger partial charge in [0.25, 0.3) is 10.0 Å². The summed E-state index contributed by atoms with van der Waals surface area (Å²) < 4.78 is 27.5. The predicted molar refractivity (Wildman–Crippen MR) is 84.3 cm³/mol. The van der Waals surface area contributed by atoms with Crippen LogP contribution in [0.2, 0.25) is 0 Å². The number of aliphatic hydroxyl groups excluding tert-OH is 1. The highest BCUT2D eigenvalue weighted by molar-refractivity contribution is 7.94. The quantitative estimate of drug-likeness (QED) is 0.924. The molecule has 1 aliphatic rings. The molecule has 2 aromatic rings. The number of sulfonamides is 1. The monoisotopic (exact) mass is 323 g/mol. The van der Waals surface area contributed by atoms with Crippen molar-refractivity contribution in [2.75, 3.05) is 10.8 Å². The third-order valence-electron chi connectivity index (χ3n) is 3.74. The average Bonchev–Trinajstić information content (AvgIpc) is 2.87. The van der Waals surface area contributed by atoms with Gasteiger partial charge in [0, 0.05) is 17.0 Å². The first-order valence-corrected chi connectivity index (χ1v) is 9.03. The molecule has 112 valence electrons. The largest absolute Gasteiger partial charge is 0.388 e. The van der Waals surface area contributed by atoms with Crippen LogP contribution in [-0.4, -0.2) is 20.1 Å². The van der Waals surface area contributed by atoms with Crippen LogP contribution in [0.1, 0.15) is 28.5 Å². The Morgan fingerprint density at radius 1 is 1.24 bits per heavy atom. The molecule has 6 heteroatoms. The maximum Gasteiger partial charge on any atom is 0.273 e. The zero-order valence-electron chi connectivity index (χ0n) is 11.9. The number of aryl methyl sites for hydroxylation is 2. The smallest absolute Gasteiger partial charge is 0.273 e. The van der Waals surface area contributed by atoms with E-state index in [9.17, 15) is 13.5 Å². The summed E-state index contributed by atoms with van der Waals surface area (Å²) in [6.45, 7) is 4.07. The van der Waals surface area contributed by atoms with Gasteiger partial charge in [0.2, 0.25) is 0 Å². The summed E-state index contributed by atoms with van der Waals surface area (Å²) in [5, 5.41) is 10.1. The van der Waals surface area contributed by atoms with Gasteiger partial charge in [-0.25, -0.2) is 8.42 Å².